The summed E-state index contributed by atoms with van der Waals surface area (Å²) in [6.45, 7) is 3.99. The van der Waals surface area contributed by atoms with Crippen molar-refractivity contribution in [3.63, 3.8) is 0 Å². The molecule has 0 bridgehead atoms. The Morgan fingerprint density at radius 3 is 2.31 bits per heavy atom. The van der Waals surface area contributed by atoms with E-state index in [1.54, 1.807) is 19.1 Å². The Bertz CT molecular complexity index is 1180. The zero-order valence-electron chi connectivity index (χ0n) is 20.7. The van der Waals surface area contributed by atoms with E-state index < -0.39 is 12.0 Å². The number of benzene rings is 3. The standard InChI is InChI=1S/C29H32N2O4/c1-19-10-13-23(14-11-19)31-27(32)17-15-24(29(33)30-20(2)21-8-6-5-7-9-21)28(31)22-12-16-25(34-3)26(18-22)35-4/h5-14,16,18,20,24,28H,15,17H2,1-4H3,(H,30,33). The van der Waals surface area contributed by atoms with Gasteiger partial charge in [0, 0.05) is 12.1 Å². The van der Waals surface area contributed by atoms with Gasteiger partial charge in [0.1, 0.15) is 0 Å². The summed E-state index contributed by atoms with van der Waals surface area (Å²) in [6, 6.07) is 22.7. The molecule has 3 aromatic rings. The van der Waals surface area contributed by atoms with Gasteiger partial charge in [0.05, 0.1) is 32.2 Å². The van der Waals surface area contributed by atoms with E-state index in [9.17, 15) is 9.59 Å². The molecular formula is C29H32N2O4. The maximum atomic E-state index is 13.7. The lowest BCUT2D eigenvalue weighted by atomic mass is 9.82. The molecule has 1 N–H and O–H groups in total. The van der Waals surface area contributed by atoms with Gasteiger partial charge in [0.25, 0.3) is 0 Å². The van der Waals surface area contributed by atoms with E-state index in [0.717, 1.165) is 22.4 Å². The molecule has 35 heavy (non-hydrogen) atoms. The molecule has 0 spiro atoms. The summed E-state index contributed by atoms with van der Waals surface area (Å²) in [5, 5.41) is 3.18. The van der Waals surface area contributed by atoms with Crippen LogP contribution in [0.3, 0.4) is 0 Å². The number of nitrogens with zero attached hydrogens (tertiary/aromatic N) is 1. The number of piperidine rings is 1. The lowest BCUT2D eigenvalue weighted by molar-refractivity contribution is -0.129. The van der Waals surface area contributed by atoms with Crippen LogP contribution in [0.15, 0.2) is 72.8 Å². The predicted octanol–water partition coefficient (Wildman–Crippen LogP) is 5.37. The highest BCUT2D eigenvalue weighted by molar-refractivity contribution is 5.97. The van der Waals surface area contributed by atoms with Crippen molar-refractivity contribution in [1.82, 2.24) is 5.32 Å². The van der Waals surface area contributed by atoms with Gasteiger partial charge in [-0.2, -0.15) is 0 Å². The normalized spacial score (nSPS) is 18.6. The lowest BCUT2D eigenvalue weighted by Crippen LogP contribution is -2.48. The number of hydrogen-bond acceptors (Lipinski definition) is 4. The minimum atomic E-state index is -0.485. The second-order valence-electron chi connectivity index (χ2n) is 8.94. The van der Waals surface area contributed by atoms with Gasteiger partial charge >= 0.3 is 0 Å². The summed E-state index contributed by atoms with van der Waals surface area (Å²) in [4.78, 5) is 28.7. The zero-order valence-corrected chi connectivity index (χ0v) is 20.7. The number of carbonyl (C=O) groups is 2. The number of rotatable bonds is 7. The van der Waals surface area contributed by atoms with Gasteiger partial charge in [-0.05, 0) is 55.7 Å². The molecule has 4 rings (SSSR count). The van der Waals surface area contributed by atoms with Crippen LogP contribution in [0.2, 0.25) is 0 Å². The topological polar surface area (TPSA) is 67.9 Å². The SMILES string of the molecule is COc1ccc(C2C(C(=O)NC(C)c3ccccc3)CCC(=O)N2c2ccc(C)cc2)cc1OC. The maximum absolute atomic E-state index is 13.7. The molecule has 1 aliphatic heterocycles. The highest BCUT2D eigenvalue weighted by Gasteiger charge is 2.42. The molecule has 3 unspecified atom stereocenters. The van der Waals surface area contributed by atoms with E-state index in [1.807, 2.05) is 86.6 Å². The molecule has 0 aliphatic carbocycles. The van der Waals surface area contributed by atoms with Gasteiger partial charge in [-0.3, -0.25) is 9.59 Å². The lowest BCUT2D eigenvalue weighted by Gasteiger charge is -2.41. The fourth-order valence-corrected chi connectivity index (χ4v) is 4.74. The predicted molar refractivity (Wildman–Crippen MR) is 137 cm³/mol. The first-order chi connectivity index (χ1) is 16.9. The minimum absolute atomic E-state index is 0.00574. The third kappa shape index (κ3) is 5.16. The summed E-state index contributed by atoms with van der Waals surface area (Å²) in [5.41, 5.74) is 3.73. The van der Waals surface area contributed by atoms with Crippen molar-refractivity contribution in [2.75, 3.05) is 19.1 Å². The average molecular weight is 473 g/mol. The summed E-state index contributed by atoms with van der Waals surface area (Å²) in [5.74, 6) is 0.639. The number of methoxy groups -OCH3 is 2. The summed E-state index contributed by atoms with van der Waals surface area (Å²) in [6.07, 6.45) is 0.767. The number of carbonyl (C=O) groups excluding carboxylic acids is 2. The first kappa shape index (κ1) is 24.3. The molecule has 3 aromatic carbocycles. The molecule has 182 valence electrons. The number of anilines is 1. The average Bonchev–Trinajstić information content (AvgIpc) is 2.89. The van der Waals surface area contributed by atoms with Gasteiger partial charge < -0.3 is 19.7 Å². The Labute approximate surface area is 206 Å². The molecule has 0 saturated carbocycles. The number of hydrogen-bond donors (Lipinski definition) is 1. The van der Waals surface area contributed by atoms with Gasteiger partial charge in [-0.25, -0.2) is 0 Å². The first-order valence-electron chi connectivity index (χ1n) is 11.9. The minimum Gasteiger partial charge on any atom is -0.493 e. The quantitative estimate of drug-likeness (QED) is 0.502. The molecule has 1 fully saturated rings. The largest absolute Gasteiger partial charge is 0.493 e. The molecule has 3 atom stereocenters. The van der Waals surface area contributed by atoms with E-state index >= 15 is 0 Å². The van der Waals surface area contributed by atoms with Crippen molar-refractivity contribution >= 4 is 17.5 Å². The molecule has 1 saturated heterocycles. The van der Waals surface area contributed by atoms with E-state index in [-0.39, 0.29) is 17.9 Å². The van der Waals surface area contributed by atoms with Crippen molar-refractivity contribution < 1.29 is 19.1 Å². The van der Waals surface area contributed by atoms with Crippen molar-refractivity contribution in [1.29, 1.82) is 0 Å². The monoisotopic (exact) mass is 472 g/mol. The maximum Gasteiger partial charge on any atom is 0.227 e. The van der Waals surface area contributed by atoms with Crippen LogP contribution >= 0.6 is 0 Å². The van der Waals surface area contributed by atoms with Crippen LogP contribution < -0.4 is 19.7 Å². The molecule has 6 heteroatoms. The fraction of sp³-hybridized carbons (Fsp3) is 0.310. The number of aryl methyl sites for hydroxylation is 1. The van der Waals surface area contributed by atoms with Gasteiger partial charge in [-0.15, -0.1) is 0 Å². The third-order valence-corrected chi connectivity index (χ3v) is 6.65. The molecule has 1 heterocycles. The van der Waals surface area contributed by atoms with Crippen LogP contribution in [0.4, 0.5) is 5.69 Å². The fourth-order valence-electron chi connectivity index (χ4n) is 4.74. The molecule has 1 aliphatic rings. The van der Waals surface area contributed by atoms with Gasteiger partial charge in [-0.1, -0.05) is 54.1 Å². The van der Waals surface area contributed by atoms with Crippen molar-refractivity contribution in [2.24, 2.45) is 5.92 Å². The summed E-state index contributed by atoms with van der Waals surface area (Å²) >= 11 is 0. The van der Waals surface area contributed by atoms with E-state index in [1.165, 1.54) is 0 Å². The van der Waals surface area contributed by atoms with Crippen molar-refractivity contribution in [3.8, 4) is 11.5 Å². The number of amides is 2. The molecule has 0 radical (unpaired) electrons. The zero-order chi connectivity index (χ0) is 24.9. The van der Waals surface area contributed by atoms with Crippen LogP contribution in [0.25, 0.3) is 0 Å². The van der Waals surface area contributed by atoms with Gasteiger partial charge in [0.2, 0.25) is 11.8 Å². The van der Waals surface area contributed by atoms with Crippen LogP contribution in [0.1, 0.15) is 48.5 Å². The number of ether oxygens (including phenoxy) is 2. The van der Waals surface area contributed by atoms with Crippen LogP contribution in [0, 0.1) is 12.8 Å². The second-order valence-corrected chi connectivity index (χ2v) is 8.94. The summed E-state index contributed by atoms with van der Waals surface area (Å²) in [7, 11) is 3.17. The van der Waals surface area contributed by atoms with E-state index in [2.05, 4.69) is 5.32 Å². The third-order valence-electron chi connectivity index (χ3n) is 6.65. The Balaban J connectivity index is 1.74. The second kappa shape index (κ2) is 10.6. The van der Waals surface area contributed by atoms with Crippen molar-refractivity contribution in [3.05, 3.63) is 89.5 Å². The Kier molecular flexibility index (Phi) is 7.39. The molecule has 2 amide bonds. The van der Waals surface area contributed by atoms with Crippen LogP contribution in [0.5, 0.6) is 11.5 Å². The van der Waals surface area contributed by atoms with Crippen molar-refractivity contribution in [2.45, 2.75) is 38.8 Å². The van der Waals surface area contributed by atoms with Gasteiger partial charge in [0.15, 0.2) is 11.5 Å². The Morgan fingerprint density at radius 2 is 1.66 bits per heavy atom. The Hall–Kier alpha value is -3.80. The van der Waals surface area contributed by atoms with Crippen LogP contribution in [-0.2, 0) is 9.59 Å². The smallest absolute Gasteiger partial charge is 0.227 e. The number of nitrogens with one attached hydrogen (secondary N) is 1. The highest BCUT2D eigenvalue weighted by Crippen LogP contribution is 2.42. The molecule has 0 aromatic heterocycles. The summed E-state index contributed by atoms with van der Waals surface area (Å²) < 4.78 is 11.0. The highest BCUT2D eigenvalue weighted by atomic mass is 16.5. The molecule has 6 nitrogen and oxygen atoms in total. The van der Waals surface area contributed by atoms with Crippen LogP contribution in [-0.4, -0.2) is 26.0 Å². The van der Waals surface area contributed by atoms with E-state index in [0.29, 0.717) is 24.3 Å². The van der Waals surface area contributed by atoms with E-state index in [4.69, 9.17) is 9.47 Å². The molecular weight excluding hydrogens is 440 g/mol. The Morgan fingerprint density at radius 1 is 0.971 bits per heavy atom. The first-order valence-corrected chi connectivity index (χ1v) is 11.9.